The van der Waals surface area contributed by atoms with Crippen LogP contribution in [0.25, 0.3) is 6.08 Å². The van der Waals surface area contributed by atoms with Gasteiger partial charge in [-0.1, -0.05) is 30.0 Å². The van der Waals surface area contributed by atoms with Crippen LogP contribution in [0.1, 0.15) is 12.0 Å². The molecule has 1 heterocycles. The number of carbonyl (C=O) groups is 2. The van der Waals surface area contributed by atoms with E-state index in [9.17, 15) is 14.0 Å². The summed E-state index contributed by atoms with van der Waals surface area (Å²) in [6.45, 7) is 0. The second kappa shape index (κ2) is 5.82. The molecule has 1 N–H and O–H groups in total. The van der Waals surface area contributed by atoms with Crippen LogP contribution in [-0.2, 0) is 9.59 Å². The minimum atomic E-state index is -0.409. The summed E-state index contributed by atoms with van der Waals surface area (Å²) in [5.41, 5.74) is 0.347. The zero-order valence-corrected chi connectivity index (χ0v) is 10.4. The first-order chi connectivity index (χ1) is 8.66. The zero-order chi connectivity index (χ0) is 13.0. The number of halogens is 1. The van der Waals surface area contributed by atoms with E-state index in [1.165, 1.54) is 30.0 Å². The summed E-state index contributed by atoms with van der Waals surface area (Å²) in [7, 11) is 0. The number of nitrogens with one attached hydrogen (secondary N) is 1. The average Bonchev–Trinajstić information content (AvgIpc) is 2.74. The van der Waals surface area contributed by atoms with Crippen LogP contribution in [0.5, 0.6) is 0 Å². The molecule has 0 aliphatic carbocycles. The third-order valence-corrected chi connectivity index (χ3v) is 3.58. The molecule has 0 radical (unpaired) electrons. The van der Waals surface area contributed by atoms with Crippen molar-refractivity contribution in [3.05, 3.63) is 41.7 Å². The maximum atomic E-state index is 13.3. The first-order valence-electron chi connectivity index (χ1n) is 5.56. The Labute approximate surface area is 108 Å². The number of thioether (sulfide) groups is 1. The Kier molecular flexibility index (Phi) is 4.15. The Morgan fingerprint density at radius 3 is 2.89 bits per heavy atom. The molecule has 1 aromatic rings. The predicted molar refractivity (Wildman–Crippen MR) is 69.4 cm³/mol. The number of hydrogen-bond donors (Lipinski definition) is 1. The van der Waals surface area contributed by atoms with Gasteiger partial charge in [-0.2, -0.15) is 0 Å². The summed E-state index contributed by atoms with van der Waals surface area (Å²) < 4.78 is 13.3. The molecule has 2 rings (SSSR count). The van der Waals surface area contributed by atoms with E-state index in [2.05, 4.69) is 5.32 Å². The highest BCUT2D eigenvalue weighted by Crippen LogP contribution is 2.19. The van der Waals surface area contributed by atoms with Gasteiger partial charge in [0.15, 0.2) is 0 Å². The largest absolute Gasteiger partial charge is 0.342 e. The first kappa shape index (κ1) is 12.8. The molecule has 94 valence electrons. The molecule has 1 aliphatic heterocycles. The second-order valence-electron chi connectivity index (χ2n) is 3.87. The third-order valence-electron chi connectivity index (χ3n) is 2.57. The van der Waals surface area contributed by atoms with Crippen molar-refractivity contribution in [2.24, 2.45) is 0 Å². The molecule has 0 bridgehead atoms. The van der Waals surface area contributed by atoms with Crippen molar-refractivity contribution in [1.82, 2.24) is 5.32 Å². The van der Waals surface area contributed by atoms with Crippen LogP contribution in [-0.4, -0.2) is 22.8 Å². The van der Waals surface area contributed by atoms with E-state index in [-0.39, 0.29) is 16.8 Å². The lowest BCUT2D eigenvalue weighted by atomic mass is 10.2. The van der Waals surface area contributed by atoms with Crippen LogP contribution in [0.3, 0.4) is 0 Å². The fraction of sp³-hybridized carbons (Fsp3) is 0.231. The number of benzene rings is 1. The van der Waals surface area contributed by atoms with Gasteiger partial charge in [0.05, 0.1) is 6.04 Å². The monoisotopic (exact) mass is 265 g/mol. The van der Waals surface area contributed by atoms with Crippen molar-refractivity contribution in [3.8, 4) is 0 Å². The van der Waals surface area contributed by atoms with Gasteiger partial charge in [0.2, 0.25) is 11.0 Å². The first-order valence-corrected chi connectivity index (χ1v) is 6.55. The molecule has 1 amide bonds. The van der Waals surface area contributed by atoms with Crippen LogP contribution in [0.2, 0.25) is 0 Å². The second-order valence-corrected chi connectivity index (χ2v) is 4.97. The van der Waals surface area contributed by atoms with E-state index in [0.717, 1.165) is 5.75 Å². The summed E-state index contributed by atoms with van der Waals surface area (Å²) in [6, 6.07) is 5.77. The van der Waals surface area contributed by atoms with E-state index in [0.29, 0.717) is 12.0 Å². The zero-order valence-electron chi connectivity index (χ0n) is 9.56. The summed E-state index contributed by atoms with van der Waals surface area (Å²) in [4.78, 5) is 22.8. The Bertz CT molecular complexity index is 502. The topological polar surface area (TPSA) is 46.2 Å². The molecule has 0 aromatic heterocycles. The van der Waals surface area contributed by atoms with E-state index in [4.69, 9.17) is 0 Å². The van der Waals surface area contributed by atoms with Crippen LogP contribution >= 0.6 is 11.8 Å². The van der Waals surface area contributed by atoms with E-state index in [1.54, 1.807) is 18.2 Å². The van der Waals surface area contributed by atoms with Crippen LogP contribution in [0.4, 0.5) is 4.39 Å². The molecule has 5 heteroatoms. The lowest BCUT2D eigenvalue weighted by Crippen LogP contribution is -2.35. The van der Waals surface area contributed by atoms with E-state index < -0.39 is 6.04 Å². The Balaban J connectivity index is 1.95. The molecule has 3 nitrogen and oxygen atoms in total. The standard InChI is InChI=1S/C13H12FNO2S/c14-10-4-2-1-3-9(10)5-6-12(16)15-11-7-8-18-13(11)17/h1-6,11H,7-8H2,(H,15,16)/b6-5+. The van der Waals surface area contributed by atoms with Gasteiger partial charge in [-0.25, -0.2) is 4.39 Å². The number of rotatable bonds is 3. The molecule has 1 unspecified atom stereocenters. The normalized spacial score (nSPS) is 19.4. The van der Waals surface area contributed by atoms with Crippen molar-refractivity contribution in [3.63, 3.8) is 0 Å². The van der Waals surface area contributed by atoms with Crippen LogP contribution in [0.15, 0.2) is 30.3 Å². The molecule has 1 aliphatic rings. The molecule has 1 saturated heterocycles. The molecule has 18 heavy (non-hydrogen) atoms. The van der Waals surface area contributed by atoms with Crippen molar-refractivity contribution >= 4 is 28.9 Å². The molecule has 1 atom stereocenters. The summed E-state index contributed by atoms with van der Waals surface area (Å²) in [5.74, 6) is -0.0194. The van der Waals surface area contributed by atoms with Crippen molar-refractivity contribution < 1.29 is 14.0 Å². The SMILES string of the molecule is O=C(/C=C/c1ccccc1F)NC1CCSC1=O. The molecular weight excluding hydrogens is 253 g/mol. The highest BCUT2D eigenvalue weighted by atomic mass is 32.2. The molecular formula is C13H12FNO2S. The highest BCUT2D eigenvalue weighted by Gasteiger charge is 2.25. The molecule has 0 saturated carbocycles. The van der Waals surface area contributed by atoms with Gasteiger partial charge in [0.25, 0.3) is 0 Å². The smallest absolute Gasteiger partial charge is 0.244 e. The van der Waals surface area contributed by atoms with Crippen LogP contribution in [0, 0.1) is 5.82 Å². The van der Waals surface area contributed by atoms with Gasteiger partial charge in [-0.3, -0.25) is 9.59 Å². The Morgan fingerprint density at radius 2 is 2.22 bits per heavy atom. The number of hydrogen-bond acceptors (Lipinski definition) is 3. The third kappa shape index (κ3) is 3.20. The maximum absolute atomic E-state index is 13.3. The quantitative estimate of drug-likeness (QED) is 0.850. The number of carbonyl (C=O) groups excluding carboxylic acids is 2. The van der Waals surface area contributed by atoms with Crippen molar-refractivity contribution in [1.29, 1.82) is 0 Å². The fourth-order valence-corrected chi connectivity index (χ4v) is 2.56. The number of amides is 1. The van der Waals surface area contributed by atoms with Gasteiger partial charge in [0.1, 0.15) is 5.82 Å². The molecule has 1 fully saturated rings. The highest BCUT2D eigenvalue weighted by molar-refractivity contribution is 8.14. The molecule has 0 spiro atoms. The van der Waals surface area contributed by atoms with Gasteiger partial charge in [-0.15, -0.1) is 0 Å². The Morgan fingerprint density at radius 1 is 1.44 bits per heavy atom. The summed E-state index contributed by atoms with van der Waals surface area (Å²) >= 11 is 1.23. The van der Waals surface area contributed by atoms with E-state index in [1.807, 2.05) is 0 Å². The van der Waals surface area contributed by atoms with Gasteiger partial charge in [-0.05, 0) is 18.6 Å². The minimum absolute atomic E-state index is 0.0114. The van der Waals surface area contributed by atoms with Crippen molar-refractivity contribution in [2.45, 2.75) is 12.5 Å². The van der Waals surface area contributed by atoms with Gasteiger partial charge >= 0.3 is 0 Å². The lowest BCUT2D eigenvalue weighted by molar-refractivity contribution is -0.120. The summed E-state index contributed by atoms with van der Waals surface area (Å²) in [5, 5.41) is 2.59. The summed E-state index contributed by atoms with van der Waals surface area (Å²) in [6.07, 6.45) is 3.30. The van der Waals surface area contributed by atoms with Gasteiger partial charge < -0.3 is 5.32 Å². The maximum Gasteiger partial charge on any atom is 0.244 e. The van der Waals surface area contributed by atoms with Gasteiger partial charge in [0, 0.05) is 17.4 Å². The average molecular weight is 265 g/mol. The van der Waals surface area contributed by atoms with Crippen LogP contribution < -0.4 is 5.32 Å². The molecule has 1 aromatic carbocycles. The minimum Gasteiger partial charge on any atom is -0.342 e. The predicted octanol–water partition coefficient (Wildman–Crippen LogP) is 1.99. The Hall–Kier alpha value is -1.62. The van der Waals surface area contributed by atoms with E-state index >= 15 is 0 Å². The lowest BCUT2D eigenvalue weighted by Gasteiger charge is -2.07. The van der Waals surface area contributed by atoms with Crippen molar-refractivity contribution in [2.75, 3.05) is 5.75 Å². The fourth-order valence-electron chi connectivity index (χ4n) is 1.62.